The third kappa shape index (κ3) is 4.59. The summed E-state index contributed by atoms with van der Waals surface area (Å²) in [5.74, 6) is 0.458. The second-order valence-corrected chi connectivity index (χ2v) is 10.2. The Hall–Kier alpha value is -3.13. The molecule has 186 valence electrons. The van der Waals surface area contributed by atoms with Crippen molar-refractivity contribution < 1.29 is 23.9 Å². The first kappa shape index (κ1) is 23.6. The molecule has 0 amide bonds. The van der Waals surface area contributed by atoms with Crippen LogP contribution in [-0.4, -0.2) is 65.1 Å². The Balaban J connectivity index is 1.21. The molecule has 0 saturated carbocycles. The molecule has 3 aliphatic heterocycles. The number of rotatable bonds is 6. The molecule has 3 heterocycles. The predicted molar refractivity (Wildman–Crippen MR) is 131 cm³/mol. The van der Waals surface area contributed by atoms with Crippen molar-refractivity contribution in [2.75, 3.05) is 32.8 Å². The Labute approximate surface area is 205 Å². The van der Waals surface area contributed by atoms with E-state index in [1.54, 1.807) is 6.07 Å². The first-order valence-corrected chi connectivity index (χ1v) is 12.3. The van der Waals surface area contributed by atoms with Crippen molar-refractivity contribution >= 4 is 11.8 Å². The lowest BCUT2D eigenvalue weighted by Gasteiger charge is -2.46. The van der Waals surface area contributed by atoms with E-state index in [9.17, 15) is 14.3 Å². The summed E-state index contributed by atoms with van der Waals surface area (Å²) in [4.78, 5) is 22.0. The molecule has 2 fully saturated rings. The minimum Gasteiger partial charge on any atom is -0.493 e. The van der Waals surface area contributed by atoms with E-state index in [-0.39, 0.29) is 11.4 Å². The van der Waals surface area contributed by atoms with Crippen LogP contribution in [0.2, 0.25) is 0 Å². The van der Waals surface area contributed by atoms with Gasteiger partial charge < -0.3 is 19.6 Å². The van der Waals surface area contributed by atoms with Crippen molar-refractivity contribution in [3.63, 3.8) is 0 Å². The molecule has 0 aromatic heterocycles. The molecule has 0 atom stereocenters. The summed E-state index contributed by atoms with van der Waals surface area (Å²) in [6.45, 7) is 7.88. The summed E-state index contributed by atoms with van der Waals surface area (Å²) >= 11 is 0. The smallest absolute Gasteiger partial charge is 0.309 e. The molecule has 1 N–H and O–H groups in total. The van der Waals surface area contributed by atoms with Gasteiger partial charge in [-0.15, -0.1) is 0 Å². The maximum Gasteiger partial charge on any atom is 0.309 e. The molecule has 0 radical (unpaired) electrons. The molecule has 1 spiro atoms. The van der Waals surface area contributed by atoms with Gasteiger partial charge in [0.05, 0.1) is 18.4 Å². The summed E-state index contributed by atoms with van der Waals surface area (Å²) in [5, 5.41) is 13.9. The lowest BCUT2D eigenvalue weighted by molar-refractivity contribution is -0.150. The summed E-state index contributed by atoms with van der Waals surface area (Å²) < 4.78 is 19.5. The van der Waals surface area contributed by atoms with Gasteiger partial charge in [0.2, 0.25) is 0 Å². The number of amidine groups is 1. The number of halogens is 1. The Morgan fingerprint density at radius 1 is 1.17 bits per heavy atom. The zero-order valence-corrected chi connectivity index (χ0v) is 20.3. The van der Waals surface area contributed by atoms with Crippen LogP contribution in [0.25, 0.3) is 11.1 Å². The highest BCUT2D eigenvalue weighted by atomic mass is 19.1. The molecule has 2 aromatic carbocycles. The van der Waals surface area contributed by atoms with Gasteiger partial charge in [-0.1, -0.05) is 29.4 Å². The van der Waals surface area contributed by atoms with Crippen molar-refractivity contribution in [1.29, 1.82) is 0 Å². The van der Waals surface area contributed by atoms with Gasteiger partial charge in [-0.3, -0.25) is 9.69 Å². The second-order valence-electron chi connectivity index (χ2n) is 10.2. The quantitative estimate of drug-likeness (QED) is 0.661. The molecule has 2 saturated heterocycles. The van der Waals surface area contributed by atoms with Gasteiger partial charge in [0, 0.05) is 44.4 Å². The van der Waals surface area contributed by atoms with Crippen LogP contribution in [0.5, 0.6) is 5.75 Å². The van der Waals surface area contributed by atoms with Crippen molar-refractivity contribution in [2.24, 2.45) is 10.6 Å². The fraction of sp³-hybridized carbons (Fsp3) is 0.481. The van der Waals surface area contributed by atoms with E-state index in [1.165, 1.54) is 12.1 Å². The third-order valence-electron chi connectivity index (χ3n) is 7.54. The number of hydrogen-bond acceptors (Lipinski definition) is 6. The molecular weight excluding hydrogens is 449 g/mol. The number of piperidine rings is 1. The Kier molecular flexibility index (Phi) is 6.17. The zero-order chi connectivity index (χ0) is 24.6. The Morgan fingerprint density at radius 3 is 2.63 bits per heavy atom. The van der Waals surface area contributed by atoms with E-state index in [2.05, 4.69) is 27.1 Å². The SMILES string of the molecule is CCOc1cc(F)ccc1-c1ccccc1CN1CC2(CC(N3CCC(C)(C(=O)O)CC3)=NO2)C1. The molecular formula is C27H32FN3O4. The van der Waals surface area contributed by atoms with Crippen LogP contribution < -0.4 is 4.74 Å². The Bertz CT molecular complexity index is 1140. The highest BCUT2D eigenvalue weighted by Gasteiger charge is 2.51. The largest absolute Gasteiger partial charge is 0.493 e. The lowest BCUT2D eigenvalue weighted by atomic mass is 9.80. The summed E-state index contributed by atoms with van der Waals surface area (Å²) in [6.07, 6.45) is 1.98. The van der Waals surface area contributed by atoms with E-state index in [0.29, 0.717) is 38.3 Å². The van der Waals surface area contributed by atoms with E-state index >= 15 is 0 Å². The second kappa shape index (κ2) is 9.15. The van der Waals surface area contributed by atoms with E-state index in [1.807, 2.05) is 26.0 Å². The summed E-state index contributed by atoms with van der Waals surface area (Å²) in [6, 6.07) is 12.9. The molecule has 0 aliphatic carbocycles. The number of aliphatic carboxylic acids is 1. The molecule has 5 rings (SSSR count). The number of nitrogens with zero attached hydrogens (tertiary/aromatic N) is 3. The van der Waals surface area contributed by atoms with Crippen LogP contribution in [0.15, 0.2) is 47.6 Å². The molecule has 7 nitrogen and oxygen atoms in total. The Morgan fingerprint density at radius 2 is 1.91 bits per heavy atom. The minimum atomic E-state index is -0.720. The van der Waals surface area contributed by atoms with Crippen LogP contribution in [0.3, 0.4) is 0 Å². The zero-order valence-electron chi connectivity index (χ0n) is 20.3. The topological polar surface area (TPSA) is 74.6 Å². The van der Waals surface area contributed by atoms with Crippen LogP contribution >= 0.6 is 0 Å². The first-order chi connectivity index (χ1) is 16.8. The normalized spacial score (nSPS) is 20.8. The molecule has 8 heteroatoms. The van der Waals surface area contributed by atoms with Gasteiger partial charge in [0.15, 0.2) is 5.60 Å². The van der Waals surface area contributed by atoms with Gasteiger partial charge >= 0.3 is 5.97 Å². The van der Waals surface area contributed by atoms with Gasteiger partial charge in [-0.2, -0.15) is 0 Å². The highest BCUT2D eigenvalue weighted by Crippen LogP contribution is 2.39. The monoisotopic (exact) mass is 481 g/mol. The number of carboxylic acid groups (broad SMARTS) is 1. The minimum absolute atomic E-state index is 0.301. The van der Waals surface area contributed by atoms with Crippen molar-refractivity contribution in [2.45, 2.75) is 45.3 Å². The van der Waals surface area contributed by atoms with Gasteiger partial charge in [-0.25, -0.2) is 4.39 Å². The van der Waals surface area contributed by atoms with Gasteiger partial charge in [-0.05, 0) is 49.9 Å². The van der Waals surface area contributed by atoms with Crippen LogP contribution in [0, 0.1) is 11.2 Å². The molecule has 0 unspecified atom stereocenters. The number of oxime groups is 1. The molecule has 2 aromatic rings. The van der Waals surface area contributed by atoms with E-state index < -0.39 is 11.4 Å². The van der Waals surface area contributed by atoms with Crippen molar-refractivity contribution in [3.8, 4) is 16.9 Å². The fourth-order valence-electron chi connectivity index (χ4n) is 5.35. The third-order valence-corrected chi connectivity index (χ3v) is 7.54. The number of hydrogen-bond donors (Lipinski definition) is 1. The average molecular weight is 482 g/mol. The first-order valence-electron chi connectivity index (χ1n) is 12.3. The molecule has 0 bridgehead atoms. The molecule has 3 aliphatic rings. The maximum atomic E-state index is 13.8. The summed E-state index contributed by atoms with van der Waals surface area (Å²) in [7, 11) is 0. The van der Waals surface area contributed by atoms with E-state index in [0.717, 1.165) is 48.6 Å². The van der Waals surface area contributed by atoms with Crippen molar-refractivity contribution in [1.82, 2.24) is 9.80 Å². The van der Waals surface area contributed by atoms with E-state index in [4.69, 9.17) is 9.57 Å². The maximum absolute atomic E-state index is 13.8. The van der Waals surface area contributed by atoms with Crippen LogP contribution in [-0.2, 0) is 16.2 Å². The predicted octanol–water partition coefficient (Wildman–Crippen LogP) is 4.37. The summed E-state index contributed by atoms with van der Waals surface area (Å²) in [5.41, 5.74) is 2.13. The lowest BCUT2D eigenvalue weighted by Crippen LogP contribution is -2.61. The van der Waals surface area contributed by atoms with Gasteiger partial charge in [0.25, 0.3) is 0 Å². The number of ether oxygens (including phenoxy) is 1. The number of carbonyl (C=O) groups is 1. The number of carboxylic acids is 1. The molecule has 35 heavy (non-hydrogen) atoms. The standard InChI is InChI=1S/C27H32FN3O4/c1-3-34-23-14-20(28)8-9-22(23)21-7-5-4-6-19(21)16-30-17-27(18-30)15-24(29-35-27)31-12-10-26(2,11-13-31)25(32)33/h4-9,14H,3,10-13,15-18H2,1-2H3,(H,32,33). The number of benzene rings is 2. The average Bonchev–Trinajstić information content (AvgIpc) is 3.26. The fourth-order valence-corrected chi connectivity index (χ4v) is 5.35. The van der Waals surface area contributed by atoms with Crippen LogP contribution in [0.4, 0.5) is 4.39 Å². The van der Waals surface area contributed by atoms with Gasteiger partial charge in [0.1, 0.15) is 17.4 Å². The van der Waals surface area contributed by atoms with Crippen molar-refractivity contribution in [3.05, 3.63) is 53.8 Å². The number of likely N-dealkylation sites (tertiary alicyclic amines) is 2. The highest BCUT2D eigenvalue weighted by molar-refractivity contribution is 5.85. The van der Waals surface area contributed by atoms with Crippen LogP contribution in [0.1, 0.15) is 38.7 Å².